The average molecular weight is 361 g/mol. The SMILES string of the molecule is Cc1sc2nc(SCc3ccc([N+](=O)[O-])cc3)n(C)c(=O)c2c1C. The van der Waals surface area contributed by atoms with Gasteiger partial charge in [0, 0.05) is 29.8 Å². The van der Waals surface area contributed by atoms with Crippen molar-refractivity contribution in [2.45, 2.75) is 24.8 Å². The number of nitro benzene ring substituents is 1. The van der Waals surface area contributed by atoms with Gasteiger partial charge in [0.05, 0.1) is 10.3 Å². The van der Waals surface area contributed by atoms with E-state index < -0.39 is 4.92 Å². The van der Waals surface area contributed by atoms with E-state index in [2.05, 4.69) is 4.98 Å². The number of hydrogen-bond acceptors (Lipinski definition) is 6. The van der Waals surface area contributed by atoms with Gasteiger partial charge in [0.2, 0.25) is 0 Å². The molecule has 24 heavy (non-hydrogen) atoms. The normalized spacial score (nSPS) is 11.1. The molecule has 3 rings (SSSR count). The number of thiophene rings is 1. The van der Waals surface area contributed by atoms with Crippen molar-refractivity contribution in [1.29, 1.82) is 0 Å². The molecule has 0 fully saturated rings. The molecular formula is C16H15N3O3S2. The van der Waals surface area contributed by atoms with Crippen molar-refractivity contribution in [3.05, 3.63) is 60.7 Å². The molecule has 124 valence electrons. The van der Waals surface area contributed by atoms with Gasteiger partial charge in [0.1, 0.15) is 4.83 Å². The number of rotatable bonds is 4. The number of fused-ring (bicyclic) bond motifs is 1. The highest BCUT2D eigenvalue weighted by molar-refractivity contribution is 7.98. The first-order valence-electron chi connectivity index (χ1n) is 7.21. The Morgan fingerprint density at radius 3 is 2.58 bits per heavy atom. The van der Waals surface area contributed by atoms with Gasteiger partial charge in [-0.15, -0.1) is 11.3 Å². The van der Waals surface area contributed by atoms with Crippen LogP contribution in [0.1, 0.15) is 16.0 Å². The number of aromatic nitrogens is 2. The van der Waals surface area contributed by atoms with Crippen molar-refractivity contribution in [1.82, 2.24) is 9.55 Å². The first kappa shape index (κ1) is 16.7. The highest BCUT2D eigenvalue weighted by Crippen LogP contribution is 2.29. The minimum Gasteiger partial charge on any atom is -0.290 e. The van der Waals surface area contributed by atoms with E-state index in [9.17, 15) is 14.9 Å². The molecule has 0 atom stereocenters. The van der Waals surface area contributed by atoms with Gasteiger partial charge in [-0.2, -0.15) is 0 Å². The van der Waals surface area contributed by atoms with Crippen LogP contribution in [0.5, 0.6) is 0 Å². The quantitative estimate of drug-likeness (QED) is 0.306. The van der Waals surface area contributed by atoms with Crippen molar-refractivity contribution in [3.8, 4) is 0 Å². The van der Waals surface area contributed by atoms with Crippen LogP contribution in [0.4, 0.5) is 5.69 Å². The smallest absolute Gasteiger partial charge is 0.269 e. The van der Waals surface area contributed by atoms with Crippen molar-refractivity contribution < 1.29 is 4.92 Å². The lowest BCUT2D eigenvalue weighted by Gasteiger charge is -2.07. The van der Waals surface area contributed by atoms with E-state index in [4.69, 9.17) is 0 Å². The summed E-state index contributed by atoms with van der Waals surface area (Å²) in [5, 5.41) is 12.0. The maximum absolute atomic E-state index is 12.6. The van der Waals surface area contributed by atoms with Gasteiger partial charge in [-0.05, 0) is 25.0 Å². The molecule has 0 unspecified atom stereocenters. The van der Waals surface area contributed by atoms with Crippen LogP contribution < -0.4 is 5.56 Å². The number of aryl methyl sites for hydroxylation is 2. The topological polar surface area (TPSA) is 78.0 Å². The third kappa shape index (κ3) is 2.94. The molecule has 0 saturated heterocycles. The Labute approximate surface area is 146 Å². The summed E-state index contributed by atoms with van der Waals surface area (Å²) in [6.45, 7) is 3.94. The minimum absolute atomic E-state index is 0.0342. The van der Waals surface area contributed by atoms with Crippen LogP contribution in [-0.4, -0.2) is 14.5 Å². The maximum Gasteiger partial charge on any atom is 0.269 e. The molecule has 0 saturated carbocycles. The van der Waals surface area contributed by atoms with Crippen molar-refractivity contribution in [2.24, 2.45) is 7.05 Å². The summed E-state index contributed by atoms with van der Waals surface area (Å²) in [6, 6.07) is 6.41. The average Bonchev–Trinajstić information content (AvgIpc) is 2.84. The van der Waals surface area contributed by atoms with E-state index in [1.807, 2.05) is 13.8 Å². The van der Waals surface area contributed by atoms with Crippen LogP contribution in [0.3, 0.4) is 0 Å². The van der Waals surface area contributed by atoms with Gasteiger partial charge < -0.3 is 0 Å². The Morgan fingerprint density at radius 1 is 1.29 bits per heavy atom. The fourth-order valence-electron chi connectivity index (χ4n) is 2.35. The molecule has 6 nitrogen and oxygen atoms in total. The molecule has 0 spiro atoms. The predicted molar refractivity (Wildman–Crippen MR) is 97.0 cm³/mol. The van der Waals surface area contributed by atoms with Crippen LogP contribution in [-0.2, 0) is 12.8 Å². The molecule has 3 aromatic rings. The molecule has 0 amide bonds. The van der Waals surface area contributed by atoms with Gasteiger partial charge in [-0.3, -0.25) is 19.5 Å². The first-order valence-corrected chi connectivity index (χ1v) is 9.01. The molecule has 0 bridgehead atoms. The highest BCUT2D eigenvalue weighted by atomic mass is 32.2. The molecule has 2 aromatic heterocycles. The standard InChI is InChI=1S/C16H15N3O3S2/c1-9-10(2)24-14-13(9)15(20)18(3)16(17-14)23-8-11-4-6-12(7-5-11)19(21)22/h4-7H,8H2,1-3H3. The van der Waals surface area contributed by atoms with Crippen LogP contribution in [0.25, 0.3) is 10.2 Å². The van der Waals surface area contributed by atoms with Crippen LogP contribution in [0.15, 0.2) is 34.2 Å². The zero-order valence-electron chi connectivity index (χ0n) is 13.4. The summed E-state index contributed by atoms with van der Waals surface area (Å²) in [7, 11) is 1.72. The van der Waals surface area contributed by atoms with Crippen LogP contribution in [0, 0.1) is 24.0 Å². The summed E-state index contributed by atoms with van der Waals surface area (Å²) in [4.78, 5) is 29.3. The number of thioether (sulfide) groups is 1. The van der Waals surface area contributed by atoms with Crippen LogP contribution >= 0.6 is 23.1 Å². The maximum atomic E-state index is 12.6. The number of benzene rings is 1. The molecular weight excluding hydrogens is 346 g/mol. The summed E-state index contributed by atoms with van der Waals surface area (Å²) in [5.41, 5.74) is 1.97. The zero-order valence-corrected chi connectivity index (χ0v) is 15.0. The van der Waals surface area contributed by atoms with Crippen LogP contribution in [0.2, 0.25) is 0 Å². The summed E-state index contributed by atoms with van der Waals surface area (Å²) in [5.74, 6) is 0.590. The van der Waals surface area contributed by atoms with Gasteiger partial charge >= 0.3 is 0 Å². The monoisotopic (exact) mass is 361 g/mol. The first-order chi connectivity index (χ1) is 11.4. The molecule has 0 aliphatic heterocycles. The Bertz CT molecular complexity index is 990. The van der Waals surface area contributed by atoms with Crippen molar-refractivity contribution in [3.63, 3.8) is 0 Å². The Morgan fingerprint density at radius 2 is 1.96 bits per heavy atom. The van der Waals surface area contributed by atoms with E-state index in [0.717, 1.165) is 20.8 Å². The summed E-state index contributed by atoms with van der Waals surface area (Å²) < 4.78 is 1.57. The lowest BCUT2D eigenvalue weighted by Crippen LogP contribution is -2.19. The fraction of sp³-hybridized carbons (Fsp3) is 0.250. The second-order valence-electron chi connectivity index (χ2n) is 5.43. The Kier molecular flexibility index (Phi) is 4.42. The second-order valence-corrected chi connectivity index (χ2v) is 7.58. The second kappa shape index (κ2) is 6.37. The lowest BCUT2D eigenvalue weighted by atomic mass is 10.2. The molecule has 8 heteroatoms. The lowest BCUT2D eigenvalue weighted by molar-refractivity contribution is -0.384. The van der Waals surface area contributed by atoms with E-state index in [0.29, 0.717) is 16.3 Å². The molecule has 1 aromatic carbocycles. The minimum atomic E-state index is -0.419. The number of nitro groups is 1. The van der Waals surface area contributed by atoms with E-state index in [1.54, 1.807) is 23.7 Å². The van der Waals surface area contributed by atoms with Gasteiger partial charge in [0.25, 0.3) is 11.2 Å². The molecule has 2 heterocycles. The molecule has 0 aliphatic rings. The number of nitrogens with zero attached hydrogens (tertiary/aromatic N) is 3. The third-order valence-corrected chi connectivity index (χ3v) is 6.09. The van der Waals surface area contributed by atoms with Crippen molar-refractivity contribution >= 4 is 39.0 Å². The van der Waals surface area contributed by atoms with E-state index in [-0.39, 0.29) is 11.2 Å². The Hall–Kier alpha value is -2.19. The van der Waals surface area contributed by atoms with E-state index in [1.165, 1.54) is 35.2 Å². The summed E-state index contributed by atoms with van der Waals surface area (Å²) >= 11 is 2.98. The number of hydrogen-bond donors (Lipinski definition) is 0. The third-order valence-electron chi connectivity index (χ3n) is 3.88. The predicted octanol–water partition coefficient (Wildman–Crippen LogP) is 3.81. The largest absolute Gasteiger partial charge is 0.290 e. The molecule has 0 radical (unpaired) electrons. The van der Waals surface area contributed by atoms with E-state index >= 15 is 0 Å². The van der Waals surface area contributed by atoms with Gasteiger partial charge in [0.15, 0.2) is 5.16 Å². The highest BCUT2D eigenvalue weighted by Gasteiger charge is 2.15. The van der Waals surface area contributed by atoms with Gasteiger partial charge in [-0.25, -0.2) is 4.98 Å². The zero-order chi connectivity index (χ0) is 17.4. The molecule has 0 N–H and O–H groups in total. The number of non-ortho nitro benzene ring substituents is 1. The summed E-state index contributed by atoms with van der Waals surface area (Å²) in [6.07, 6.45) is 0. The molecule has 0 aliphatic carbocycles. The Balaban J connectivity index is 1.89. The van der Waals surface area contributed by atoms with Crippen molar-refractivity contribution in [2.75, 3.05) is 0 Å². The van der Waals surface area contributed by atoms with Gasteiger partial charge in [-0.1, -0.05) is 23.9 Å². The fourth-order valence-corrected chi connectivity index (χ4v) is 4.35.